The summed E-state index contributed by atoms with van der Waals surface area (Å²) in [6, 6.07) is 0. The molecular formula is C10H15F3N2O. The van der Waals surface area contributed by atoms with Gasteiger partial charge in [0.1, 0.15) is 5.76 Å². The molecule has 16 heavy (non-hydrogen) atoms. The fourth-order valence-corrected chi connectivity index (χ4v) is 1.26. The Morgan fingerprint density at radius 3 is 2.75 bits per heavy atom. The predicted octanol–water partition coefficient (Wildman–Crippen LogP) is 2.32. The molecule has 1 heterocycles. The molecule has 0 atom stereocenters. The van der Waals surface area contributed by atoms with E-state index in [-0.39, 0.29) is 6.42 Å². The zero-order valence-electron chi connectivity index (χ0n) is 9.10. The zero-order valence-corrected chi connectivity index (χ0v) is 9.10. The molecule has 0 spiro atoms. The number of aromatic nitrogens is 1. The van der Waals surface area contributed by atoms with Gasteiger partial charge in [0.05, 0.1) is 12.6 Å². The molecule has 92 valence electrons. The second-order valence-corrected chi connectivity index (χ2v) is 3.54. The number of hydrogen-bond acceptors (Lipinski definition) is 3. The quantitative estimate of drug-likeness (QED) is 0.770. The Bertz CT molecular complexity index is 309. The van der Waals surface area contributed by atoms with Crippen LogP contribution in [0.3, 0.4) is 0 Å². The van der Waals surface area contributed by atoms with E-state index in [0.29, 0.717) is 18.1 Å². The molecule has 1 N–H and O–H groups in total. The van der Waals surface area contributed by atoms with Gasteiger partial charge in [0.15, 0.2) is 5.89 Å². The van der Waals surface area contributed by atoms with E-state index >= 15 is 0 Å². The van der Waals surface area contributed by atoms with Crippen molar-refractivity contribution in [2.45, 2.75) is 31.9 Å². The van der Waals surface area contributed by atoms with Gasteiger partial charge in [0.25, 0.3) is 0 Å². The van der Waals surface area contributed by atoms with Crippen LogP contribution in [0.2, 0.25) is 0 Å². The van der Waals surface area contributed by atoms with E-state index in [1.807, 2.05) is 7.05 Å². The second-order valence-electron chi connectivity index (χ2n) is 3.54. The minimum atomic E-state index is -4.14. The van der Waals surface area contributed by atoms with Crippen LogP contribution in [0.4, 0.5) is 13.2 Å². The highest BCUT2D eigenvalue weighted by atomic mass is 19.4. The SMILES string of the molecule is CNCCCc1ncc(CCC(F)(F)F)o1. The first kappa shape index (κ1) is 13.0. The first-order chi connectivity index (χ1) is 7.51. The molecule has 0 unspecified atom stereocenters. The fraction of sp³-hybridized carbons (Fsp3) is 0.700. The van der Waals surface area contributed by atoms with E-state index in [4.69, 9.17) is 4.42 Å². The van der Waals surface area contributed by atoms with Gasteiger partial charge in [0, 0.05) is 12.8 Å². The van der Waals surface area contributed by atoms with Crippen LogP contribution in [0.25, 0.3) is 0 Å². The van der Waals surface area contributed by atoms with Gasteiger partial charge in [-0.3, -0.25) is 0 Å². The van der Waals surface area contributed by atoms with Gasteiger partial charge < -0.3 is 9.73 Å². The lowest BCUT2D eigenvalue weighted by Crippen LogP contribution is -2.08. The molecule has 6 heteroatoms. The average molecular weight is 236 g/mol. The highest BCUT2D eigenvalue weighted by molar-refractivity contribution is 4.95. The maximum Gasteiger partial charge on any atom is 0.389 e. The number of hydrogen-bond donors (Lipinski definition) is 1. The maximum atomic E-state index is 11.9. The van der Waals surface area contributed by atoms with Crippen molar-refractivity contribution in [3.05, 3.63) is 17.8 Å². The van der Waals surface area contributed by atoms with Gasteiger partial charge >= 0.3 is 6.18 Å². The molecule has 3 nitrogen and oxygen atoms in total. The van der Waals surface area contributed by atoms with Crippen LogP contribution in [-0.4, -0.2) is 24.8 Å². The van der Waals surface area contributed by atoms with Crippen LogP contribution in [0, 0.1) is 0 Å². The molecule has 0 saturated carbocycles. The number of rotatable bonds is 6. The molecule has 0 bridgehead atoms. The predicted molar refractivity (Wildman–Crippen MR) is 53.1 cm³/mol. The Labute approximate surface area is 92.0 Å². The van der Waals surface area contributed by atoms with E-state index in [1.165, 1.54) is 6.20 Å². The Hall–Kier alpha value is -1.04. The molecule has 1 aromatic heterocycles. The van der Waals surface area contributed by atoms with E-state index in [0.717, 1.165) is 13.0 Å². The molecule has 0 saturated heterocycles. The van der Waals surface area contributed by atoms with Crippen molar-refractivity contribution in [1.82, 2.24) is 10.3 Å². The third-order valence-electron chi connectivity index (χ3n) is 2.07. The van der Waals surface area contributed by atoms with Crippen molar-refractivity contribution in [1.29, 1.82) is 0 Å². The van der Waals surface area contributed by atoms with Crippen LogP contribution < -0.4 is 5.32 Å². The van der Waals surface area contributed by atoms with Crippen LogP contribution in [0.15, 0.2) is 10.6 Å². The van der Waals surface area contributed by atoms with Gasteiger partial charge in [0.2, 0.25) is 0 Å². The van der Waals surface area contributed by atoms with E-state index in [1.54, 1.807) is 0 Å². The van der Waals surface area contributed by atoms with Gasteiger partial charge in [-0.15, -0.1) is 0 Å². The maximum absolute atomic E-state index is 11.9. The first-order valence-electron chi connectivity index (χ1n) is 5.16. The van der Waals surface area contributed by atoms with Crippen LogP contribution in [-0.2, 0) is 12.8 Å². The van der Waals surface area contributed by atoms with Crippen molar-refractivity contribution < 1.29 is 17.6 Å². The molecule has 0 aliphatic carbocycles. The zero-order chi connectivity index (χ0) is 12.0. The molecule has 1 rings (SSSR count). The Kier molecular flexibility index (Phi) is 4.79. The lowest BCUT2D eigenvalue weighted by molar-refractivity contribution is -0.134. The minimum absolute atomic E-state index is 0.136. The van der Waals surface area contributed by atoms with Crippen molar-refractivity contribution >= 4 is 0 Å². The van der Waals surface area contributed by atoms with Crippen LogP contribution in [0.5, 0.6) is 0 Å². The normalized spacial score (nSPS) is 12.0. The van der Waals surface area contributed by atoms with Gasteiger partial charge in [-0.1, -0.05) is 0 Å². The largest absolute Gasteiger partial charge is 0.446 e. The number of nitrogens with zero attached hydrogens (tertiary/aromatic N) is 1. The summed E-state index contributed by atoms with van der Waals surface area (Å²) in [6.07, 6.45) is -2.26. The summed E-state index contributed by atoms with van der Waals surface area (Å²) in [5.41, 5.74) is 0. The second kappa shape index (κ2) is 5.89. The topological polar surface area (TPSA) is 38.1 Å². The number of halogens is 3. The highest BCUT2D eigenvalue weighted by Crippen LogP contribution is 2.22. The summed E-state index contributed by atoms with van der Waals surface area (Å²) < 4.78 is 41.0. The van der Waals surface area contributed by atoms with Gasteiger partial charge in [-0.05, 0) is 20.0 Å². The summed E-state index contributed by atoms with van der Waals surface area (Å²) in [4.78, 5) is 3.93. The smallest absolute Gasteiger partial charge is 0.389 e. The van der Waals surface area contributed by atoms with Crippen molar-refractivity contribution in [3.63, 3.8) is 0 Å². The molecule has 1 aromatic rings. The summed E-state index contributed by atoms with van der Waals surface area (Å²) >= 11 is 0. The van der Waals surface area contributed by atoms with E-state index in [2.05, 4.69) is 10.3 Å². The molecular weight excluding hydrogens is 221 g/mol. The van der Waals surface area contributed by atoms with E-state index in [9.17, 15) is 13.2 Å². The van der Waals surface area contributed by atoms with Gasteiger partial charge in [-0.25, -0.2) is 4.98 Å². The average Bonchev–Trinajstić information content (AvgIpc) is 2.62. The summed E-state index contributed by atoms with van der Waals surface area (Å²) in [7, 11) is 1.84. The van der Waals surface area contributed by atoms with Gasteiger partial charge in [-0.2, -0.15) is 13.2 Å². The molecule has 0 aliphatic heterocycles. The Morgan fingerprint density at radius 1 is 1.38 bits per heavy atom. The summed E-state index contributed by atoms with van der Waals surface area (Å²) in [6.45, 7) is 0.834. The molecule has 0 aliphatic rings. The molecule has 0 aromatic carbocycles. The number of alkyl halides is 3. The van der Waals surface area contributed by atoms with Crippen LogP contribution in [0.1, 0.15) is 24.5 Å². The summed E-state index contributed by atoms with van der Waals surface area (Å²) in [5, 5.41) is 2.97. The molecule has 0 radical (unpaired) electrons. The molecule has 0 fully saturated rings. The third kappa shape index (κ3) is 5.16. The van der Waals surface area contributed by atoms with E-state index < -0.39 is 12.6 Å². The van der Waals surface area contributed by atoms with Crippen LogP contribution >= 0.6 is 0 Å². The number of nitrogens with one attached hydrogen (secondary N) is 1. The third-order valence-corrected chi connectivity index (χ3v) is 2.07. The summed E-state index contributed by atoms with van der Waals surface area (Å²) in [5.74, 6) is 0.809. The number of aryl methyl sites for hydroxylation is 2. The first-order valence-corrected chi connectivity index (χ1v) is 5.16. The lowest BCUT2D eigenvalue weighted by Gasteiger charge is -2.02. The standard InChI is InChI=1S/C10H15F3N2O/c1-14-6-2-3-9-15-7-8(16-9)4-5-10(11,12)13/h7,14H,2-6H2,1H3. The fourth-order valence-electron chi connectivity index (χ4n) is 1.26. The highest BCUT2D eigenvalue weighted by Gasteiger charge is 2.27. The Balaban J connectivity index is 2.33. The number of oxazole rings is 1. The minimum Gasteiger partial charge on any atom is -0.446 e. The monoisotopic (exact) mass is 236 g/mol. The molecule has 0 amide bonds. The van der Waals surface area contributed by atoms with Crippen molar-refractivity contribution in [2.75, 3.05) is 13.6 Å². The van der Waals surface area contributed by atoms with Crippen molar-refractivity contribution in [2.24, 2.45) is 0 Å². The Morgan fingerprint density at radius 2 is 2.12 bits per heavy atom. The van der Waals surface area contributed by atoms with Crippen molar-refractivity contribution in [3.8, 4) is 0 Å². The lowest BCUT2D eigenvalue weighted by atomic mass is 10.2.